The highest BCUT2D eigenvalue weighted by atomic mass is 16.5. The van der Waals surface area contributed by atoms with Crippen molar-refractivity contribution in [3.05, 3.63) is 101 Å². The van der Waals surface area contributed by atoms with Crippen LogP contribution >= 0.6 is 0 Å². The Bertz CT molecular complexity index is 2230. The zero-order chi connectivity index (χ0) is 22.6. The molecule has 0 radical (unpaired) electrons. The normalized spacial score (nSPS) is 18.2. The lowest BCUT2D eigenvalue weighted by Crippen LogP contribution is -2.83. The monoisotopic (exact) mass is 451 g/mol. The van der Waals surface area contributed by atoms with Crippen molar-refractivity contribution in [1.29, 1.82) is 0 Å². The Labute approximate surface area is 197 Å². The van der Waals surface area contributed by atoms with Gasteiger partial charge in [0.1, 0.15) is 10.3 Å². The van der Waals surface area contributed by atoms with E-state index in [0.29, 0.717) is 5.39 Å². The molecule has 1 atom stereocenters. The highest BCUT2D eigenvalue weighted by molar-refractivity contribution is 6.17. The summed E-state index contributed by atoms with van der Waals surface area (Å²) in [7, 11) is 0. The third kappa shape index (κ3) is 1.47. The van der Waals surface area contributed by atoms with Crippen LogP contribution in [0.4, 0.5) is 11.4 Å². The molecule has 35 heavy (non-hydrogen) atoms. The molecule has 6 nitrogen and oxygen atoms in total. The van der Waals surface area contributed by atoms with Gasteiger partial charge in [0.05, 0.1) is 16.2 Å². The maximum absolute atomic E-state index is 13.9. The zero-order valence-electron chi connectivity index (χ0n) is 18.3. The van der Waals surface area contributed by atoms with Crippen molar-refractivity contribution >= 4 is 49.6 Å². The number of aromatic nitrogens is 3. The van der Waals surface area contributed by atoms with Crippen molar-refractivity contribution in [3.63, 3.8) is 0 Å². The lowest BCUT2D eigenvalue weighted by atomic mass is 10.0. The van der Waals surface area contributed by atoms with Crippen LogP contribution in [-0.2, 0) is 0 Å². The Balaban J connectivity index is 1.64. The van der Waals surface area contributed by atoms with Crippen molar-refractivity contribution in [2.45, 2.75) is 0 Å². The maximum Gasteiger partial charge on any atom is 0.352 e. The lowest BCUT2D eigenvalue weighted by molar-refractivity contribution is -1.02. The molecular formula is C29H15N4O2+3. The van der Waals surface area contributed by atoms with E-state index in [4.69, 9.17) is 4.74 Å². The van der Waals surface area contributed by atoms with Gasteiger partial charge in [-0.3, -0.25) is 4.79 Å². The van der Waals surface area contributed by atoms with Crippen LogP contribution in [0.2, 0.25) is 0 Å². The number of benzene rings is 3. The van der Waals surface area contributed by atoms with Crippen LogP contribution in [0, 0.1) is 0 Å². The van der Waals surface area contributed by atoms with Crippen LogP contribution in [0.5, 0.6) is 11.5 Å². The molecule has 0 aliphatic carbocycles. The highest BCUT2D eigenvalue weighted by Crippen LogP contribution is 2.58. The van der Waals surface area contributed by atoms with Crippen molar-refractivity contribution < 1.29 is 14.1 Å². The molecule has 0 bridgehead atoms. The minimum atomic E-state index is 0.0619. The van der Waals surface area contributed by atoms with E-state index in [-0.39, 0.29) is 10.1 Å². The SMILES string of the molecule is O=c1c2ccc3c4c2n2c5c1cccc5c1ccc[n+](c12)[N+]41c2c(cccc2-c2cccc[n+]21)O3. The van der Waals surface area contributed by atoms with Crippen LogP contribution in [0.25, 0.3) is 49.5 Å². The second-order valence-electron chi connectivity index (χ2n) is 9.55. The molecule has 7 aromatic rings. The van der Waals surface area contributed by atoms with Crippen molar-refractivity contribution in [2.24, 2.45) is 0 Å². The van der Waals surface area contributed by atoms with Gasteiger partial charge in [-0.15, -0.1) is 0 Å². The molecule has 3 aliphatic rings. The van der Waals surface area contributed by atoms with E-state index >= 15 is 0 Å². The van der Waals surface area contributed by atoms with Gasteiger partial charge < -0.3 is 4.74 Å². The molecule has 1 unspecified atom stereocenters. The average molecular weight is 451 g/mol. The van der Waals surface area contributed by atoms with Crippen LogP contribution in [0.3, 0.4) is 0 Å². The fraction of sp³-hybridized carbons (Fsp3) is 0. The first-order chi connectivity index (χ1) is 17.3. The number of nitrogens with zero attached hydrogens (tertiary/aromatic N) is 4. The van der Waals surface area contributed by atoms with Crippen molar-refractivity contribution in [3.8, 4) is 22.8 Å². The second-order valence-corrected chi connectivity index (χ2v) is 9.55. The molecule has 10 rings (SSSR count). The predicted molar refractivity (Wildman–Crippen MR) is 132 cm³/mol. The first-order valence-corrected chi connectivity index (χ1v) is 11.7. The summed E-state index contributed by atoms with van der Waals surface area (Å²) in [6.45, 7) is 0. The Morgan fingerprint density at radius 2 is 1.46 bits per heavy atom. The Morgan fingerprint density at radius 1 is 0.657 bits per heavy atom. The lowest BCUT2D eigenvalue weighted by Gasteiger charge is -2.30. The smallest absolute Gasteiger partial charge is 0.352 e. The predicted octanol–water partition coefficient (Wildman–Crippen LogP) is 4.74. The van der Waals surface area contributed by atoms with E-state index < -0.39 is 0 Å². The minimum Gasteiger partial charge on any atom is -0.444 e. The summed E-state index contributed by atoms with van der Waals surface area (Å²) in [5.74, 6) is 1.59. The third-order valence-corrected chi connectivity index (χ3v) is 8.12. The summed E-state index contributed by atoms with van der Waals surface area (Å²) in [5, 5.41) is 3.68. The Hall–Kier alpha value is -4.81. The Kier molecular flexibility index (Phi) is 2.39. The molecular weight excluding hydrogens is 436 g/mol. The van der Waals surface area contributed by atoms with E-state index in [1.807, 2.05) is 30.3 Å². The van der Waals surface area contributed by atoms with Crippen LogP contribution in [0.15, 0.2) is 96.1 Å². The molecule has 0 N–H and O–H groups in total. The number of pyridine rings is 3. The summed E-state index contributed by atoms with van der Waals surface area (Å²) in [4.78, 5) is 13.9. The molecule has 160 valence electrons. The van der Waals surface area contributed by atoms with Gasteiger partial charge in [-0.2, -0.15) is 4.40 Å². The van der Waals surface area contributed by atoms with Crippen LogP contribution < -0.4 is 24.2 Å². The molecule has 3 aliphatic heterocycles. The first-order valence-electron chi connectivity index (χ1n) is 11.7. The summed E-state index contributed by atoms with van der Waals surface area (Å²) in [5.41, 5.74) is 7.28. The molecule has 6 heteroatoms. The number of para-hydroxylation sites is 2. The fourth-order valence-electron chi connectivity index (χ4n) is 6.96. The van der Waals surface area contributed by atoms with E-state index in [0.717, 1.165) is 67.0 Å². The van der Waals surface area contributed by atoms with E-state index in [1.165, 1.54) is 0 Å². The number of rotatable bonds is 0. The third-order valence-electron chi connectivity index (χ3n) is 8.12. The molecule has 1 spiro atoms. The van der Waals surface area contributed by atoms with Gasteiger partial charge in [0, 0.05) is 26.9 Å². The average Bonchev–Trinajstić information content (AvgIpc) is 3.40. The van der Waals surface area contributed by atoms with Gasteiger partial charge in [-0.05, 0) is 54.6 Å². The quantitative estimate of drug-likeness (QED) is 0.190. The van der Waals surface area contributed by atoms with Gasteiger partial charge in [-0.25, -0.2) is 0 Å². The molecule has 4 aromatic heterocycles. The number of hydrogen-bond donors (Lipinski definition) is 0. The summed E-state index contributed by atoms with van der Waals surface area (Å²) < 4.78 is 13.8. The number of hydrogen-bond acceptors (Lipinski definition) is 2. The number of ether oxygens (including phenoxy) is 1. The highest BCUT2D eigenvalue weighted by Gasteiger charge is 2.68. The standard InChI is InChI=1S/C29H15N4O2/c34-28-19-8-3-6-16-17-9-5-15-31-29(17)32(24(16)19)25-20(28)12-13-23-27(25)33(31)26-18(7-4-11-22(26)35-23)21-10-1-2-14-30(21)33/h1-15H/q+3. The Morgan fingerprint density at radius 3 is 2.43 bits per heavy atom. The van der Waals surface area contributed by atoms with Gasteiger partial charge in [0.15, 0.2) is 17.5 Å². The topological polar surface area (TPSA) is 38.5 Å². The fourth-order valence-corrected chi connectivity index (χ4v) is 6.96. The zero-order valence-corrected chi connectivity index (χ0v) is 18.3. The summed E-state index contributed by atoms with van der Waals surface area (Å²) in [6.07, 6.45) is 4.29. The van der Waals surface area contributed by atoms with E-state index in [1.54, 1.807) is 0 Å². The maximum atomic E-state index is 13.9. The van der Waals surface area contributed by atoms with Gasteiger partial charge in [0.25, 0.3) is 11.4 Å². The summed E-state index contributed by atoms with van der Waals surface area (Å²) >= 11 is 0. The van der Waals surface area contributed by atoms with Crippen molar-refractivity contribution in [1.82, 2.24) is 9.10 Å². The first kappa shape index (κ1) is 16.7. The van der Waals surface area contributed by atoms with E-state index in [2.05, 4.69) is 74.7 Å². The van der Waals surface area contributed by atoms with Gasteiger partial charge in [0.2, 0.25) is 22.9 Å². The van der Waals surface area contributed by atoms with Crippen LogP contribution in [-0.4, -0.2) is 4.40 Å². The van der Waals surface area contributed by atoms with E-state index in [9.17, 15) is 4.79 Å². The molecule has 3 aromatic carbocycles. The molecule has 0 fully saturated rings. The molecule has 7 heterocycles. The molecule has 0 saturated carbocycles. The summed E-state index contributed by atoms with van der Waals surface area (Å²) in [6, 6.07) is 26.8. The largest absolute Gasteiger partial charge is 0.444 e. The minimum absolute atomic E-state index is 0.0619. The molecule has 0 amide bonds. The number of quaternary nitrogens is 1. The molecule has 0 saturated heterocycles. The van der Waals surface area contributed by atoms with Crippen LogP contribution in [0.1, 0.15) is 0 Å². The second kappa shape index (κ2) is 4.99. The number of fused-ring (bicyclic) bond motifs is 3. The van der Waals surface area contributed by atoms with Gasteiger partial charge >= 0.3 is 11.3 Å². The van der Waals surface area contributed by atoms with Crippen molar-refractivity contribution in [2.75, 3.05) is 0 Å². The van der Waals surface area contributed by atoms with Gasteiger partial charge in [-0.1, -0.05) is 12.1 Å².